The van der Waals surface area contributed by atoms with E-state index in [2.05, 4.69) is 35.8 Å². The van der Waals surface area contributed by atoms with Crippen molar-refractivity contribution in [1.29, 1.82) is 0 Å². The van der Waals surface area contributed by atoms with Crippen LogP contribution < -0.4 is 0 Å². The van der Waals surface area contributed by atoms with Crippen LogP contribution in [0, 0.1) is 0 Å². The lowest BCUT2D eigenvalue weighted by atomic mass is 10.1. The van der Waals surface area contributed by atoms with Gasteiger partial charge in [0.05, 0.1) is 18.8 Å². The van der Waals surface area contributed by atoms with Crippen molar-refractivity contribution >= 4 is 0 Å². The monoisotopic (exact) mass is 253 g/mol. The lowest BCUT2D eigenvalue weighted by Crippen LogP contribution is -2.47. The van der Waals surface area contributed by atoms with Crippen LogP contribution in [0.25, 0.3) is 0 Å². The van der Waals surface area contributed by atoms with Crippen LogP contribution in [0.4, 0.5) is 0 Å². The fraction of sp³-hybridized carbons (Fsp3) is 0.846. The first-order valence-electron chi connectivity index (χ1n) is 6.77. The maximum Gasteiger partial charge on any atom is 0.226 e. The Morgan fingerprint density at radius 3 is 2.94 bits per heavy atom. The third-order valence-corrected chi connectivity index (χ3v) is 3.12. The Bertz CT molecular complexity index is 376. The second kappa shape index (κ2) is 5.80. The number of nitrogens with zero attached hydrogens (tertiary/aromatic N) is 3. The molecule has 0 aromatic carbocycles. The second-order valence-corrected chi connectivity index (χ2v) is 5.53. The molecule has 18 heavy (non-hydrogen) atoms. The molecule has 5 nitrogen and oxygen atoms in total. The van der Waals surface area contributed by atoms with Crippen LogP contribution in [0.5, 0.6) is 0 Å². The van der Waals surface area contributed by atoms with Crippen LogP contribution in [0.15, 0.2) is 4.52 Å². The summed E-state index contributed by atoms with van der Waals surface area (Å²) in [5.41, 5.74) is -0.0764. The van der Waals surface area contributed by atoms with E-state index in [0.29, 0.717) is 0 Å². The van der Waals surface area contributed by atoms with Crippen molar-refractivity contribution in [3.05, 3.63) is 11.7 Å². The number of hydrogen-bond acceptors (Lipinski definition) is 5. The predicted molar refractivity (Wildman–Crippen MR) is 68.2 cm³/mol. The zero-order valence-corrected chi connectivity index (χ0v) is 11.6. The van der Waals surface area contributed by atoms with Gasteiger partial charge >= 0.3 is 0 Å². The van der Waals surface area contributed by atoms with Crippen LogP contribution in [0.3, 0.4) is 0 Å². The van der Waals surface area contributed by atoms with E-state index in [-0.39, 0.29) is 5.60 Å². The molecule has 5 heteroatoms. The first kappa shape index (κ1) is 13.5. The molecule has 0 saturated carbocycles. The number of rotatable bonds is 5. The summed E-state index contributed by atoms with van der Waals surface area (Å²) < 4.78 is 10.9. The fourth-order valence-corrected chi connectivity index (χ4v) is 2.23. The Morgan fingerprint density at radius 2 is 2.22 bits per heavy atom. The van der Waals surface area contributed by atoms with Gasteiger partial charge in [0.2, 0.25) is 5.89 Å². The fourth-order valence-electron chi connectivity index (χ4n) is 2.23. The minimum Gasteiger partial charge on any atom is -0.373 e. The van der Waals surface area contributed by atoms with Gasteiger partial charge in [0.25, 0.3) is 0 Å². The number of aromatic nitrogens is 2. The zero-order valence-electron chi connectivity index (χ0n) is 11.6. The molecule has 0 spiro atoms. The lowest BCUT2D eigenvalue weighted by molar-refractivity contribution is -0.0888. The molecule has 0 bridgehead atoms. The van der Waals surface area contributed by atoms with E-state index in [1.54, 1.807) is 0 Å². The summed E-state index contributed by atoms with van der Waals surface area (Å²) in [4.78, 5) is 6.75. The molecule has 1 saturated heterocycles. The van der Waals surface area contributed by atoms with E-state index >= 15 is 0 Å². The molecular formula is C13H23N3O2. The van der Waals surface area contributed by atoms with Crippen LogP contribution in [-0.2, 0) is 17.7 Å². The Hall–Kier alpha value is -0.940. The number of ether oxygens (including phenoxy) is 1. The molecule has 102 valence electrons. The van der Waals surface area contributed by atoms with Crippen LogP contribution in [-0.4, -0.2) is 40.3 Å². The van der Waals surface area contributed by atoms with Crippen molar-refractivity contribution in [1.82, 2.24) is 15.0 Å². The average Bonchev–Trinajstić information content (AvgIpc) is 2.73. The van der Waals surface area contributed by atoms with E-state index in [4.69, 9.17) is 9.26 Å². The maximum absolute atomic E-state index is 5.69. The summed E-state index contributed by atoms with van der Waals surface area (Å²) in [7, 11) is 0. The average molecular weight is 253 g/mol. The van der Waals surface area contributed by atoms with Crippen molar-refractivity contribution in [2.75, 3.05) is 19.7 Å². The van der Waals surface area contributed by atoms with E-state index in [9.17, 15) is 0 Å². The third-order valence-electron chi connectivity index (χ3n) is 3.12. The normalized spacial score (nSPS) is 20.2. The number of aryl methyl sites for hydroxylation is 1. The molecule has 1 aromatic rings. The molecular weight excluding hydrogens is 230 g/mol. The highest BCUT2D eigenvalue weighted by Gasteiger charge is 2.27. The molecule has 0 unspecified atom stereocenters. The largest absolute Gasteiger partial charge is 0.373 e. The van der Waals surface area contributed by atoms with Crippen molar-refractivity contribution in [2.24, 2.45) is 0 Å². The molecule has 1 aliphatic heterocycles. The van der Waals surface area contributed by atoms with Crippen molar-refractivity contribution in [2.45, 2.75) is 52.2 Å². The molecule has 1 aliphatic rings. The van der Waals surface area contributed by atoms with E-state index in [1.807, 2.05) is 0 Å². The van der Waals surface area contributed by atoms with Crippen molar-refractivity contribution in [3.63, 3.8) is 0 Å². The van der Waals surface area contributed by atoms with Gasteiger partial charge in [-0.05, 0) is 20.3 Å². The maximum atomic E-state index is 5.69. The molecule has 0 atom stereocenters. The van der Waals surface area contributed by atoms with Crippen LogP contribution in [0.2, 0.25) is 0 Å². The standard InChI is InChI=1S/C13H23N3O2/c1-4-5-6-12-14-11(15-18-12)9-16-7-8-17-13(2,3)10-16/h4-10H2,1-3H3. The van der Waals surface area contributed by atoms with Gasteiger partial charge in [-0.1, -0.05) is 18.5 Å². The minimum atomic E-state index is -0.0764. The first-order valence-corrected chi connectivity index (χ1v) is 6.77. The smallest absolute Gasteiger partial charge is 0.226 e. The van der Waals surface area contributed by atoms with Gasteiger partial charge in [-0.25, -0.2) is 0 Å². The summed E-state index contributed by atoms with van der Waals surface area (Å²) >= 11 is 0. The van der Waals surface area contributed by atoms with Gasteiger partial charge in [-0.2, -0.15) is 4.98 Å². The van der Waals surface area contributed by atoms with Crippen molar-refractivity contribution < 1.29 is 9.26 Å². The highest BCUT2D eigenvalue weighted by molar-refractivity contribution is 4.89. The van der Waals surface area contributed by atoms with Crippen LogP contribution in [0.1, 0.15) is 45.3 Å². The summed E-state index contributed by atoms with van der Waals surface area (Å²) in [6, 6.07) is 0. The van der Waals surface area contributed by atoms with Gasteiger partial charge in [0.15, 0.2) is 5.82 Å². The molecule has 0 radical (unpaired) electrons. The molecule has 0 amide bonds. The highest BCUT2D eigenvalue weighted by Crippen LogP contribution is 2.17. The topological polar surface area (TPSA) is 51.4 Å². The van der Waals surface area contributed by atoms with E-state index in [0.717, 1.165) is 57.2 Å². The quantitative estimate of drug-likeness (QED) is 0.803. The summed E-state index contributed by atoms with van der Waals surface area (Å²) in [6.07, 6.45) is 3.14. The minimum absolute atomic E-state index is 0.0764. The number of unbranched alkanes of at least 4 members (excludes halogenated alkanes) is 1. The Labute approximate surface area is 108 Å². The Balaban J connectivity index is 1.87. The molecule has 1 fully saturated rings. The van der Waals surface area contributed by atoms with Gasteiger partial charge in [0, 0.05) is 19.5 Å². The third kappa shape index (κ3) is 3.78. The molecule has 0 N–H and O–H groups in total. The SMILES string of the molecule is CCCCc1nc(CN2CCOC(C)(C)C2)no1. The Morgan fingerprint density at radius 1 is 1.39 bits per heavy atom. The van der Waals surface area contributed by atoms with E-state index in [1.165, 1.54) is 0 Å². The number of morpholine rings is 1. The highest BCUT2D eigenvalue weighted by atomic mass is 16.5. The molecule has 2 heterocycles. The zero-order chi connectivity index (χ0) is 13.0. The Kier molecular flexibility index (Phi) is 4.35. The van der Waals surface area contributed by atoms with Gasteiger partial charge < -0.3 is 9.26 Å². The van der Waals surface area contributed by atoms with Gasteiger partial charge in [-0.3, -0.25) is 4.90 Å². The van der Waals surface area contributed by atoms with E-state index < -0.39 is 0 Å². The molecule has 0 aliphatic carbocycles. The first-order chi connectivity index (χ1) is 8.59. The van der Waals surface area contributed by atoms with Crippen LogP contribution >= 0.6 is 0 Å². The second-order valence-electron chi connectivity index (χ2n) is 5.53. The van der Waals surface area contributed by atoms with Gasteiger partial charge in [0.1, 0.15) is 0 Å². The predicted octanol–water partition coefficient (Wildman–Crippen LogP) is 2.02. The summed E-state index contributed by atoms with van der Waals surface area (Å²) in [5.74, 6) is 1.55. The van der Waals surface area contributed by atoms with Gasteiger partial charge in [-0.15, -0.1) is 0 Å². The summed E-state index contributed by atoms with van der Waals surface area (Å²) in [6.45, 7) is 9.75. The molecule has 2 rings (SSSR count). The van der Waals surface area contributed by atoms with Crippen molar-refractivity contribution in [3.8, 4) is 0 Å². The summed E-state index contributed by atoms with van der Waals surface area (Å²) in [5, 5.41) is 4.04. The number of hydrogen-bond donors (Lipinski definition) is 0. The lowest BCUT2D eigenvalue weighted by Gasteiger charge is -2.37. The molecule has 1 aromatic heterocycles.